The first-order chi connectivity index (χ1) is 16.5. The Balaban J connectivity index is 1.35. The van der Waals surface area contributed by atoms with Crippen LogP contribution in [0.2, 0.25) is 0 Å². The highest BCUT2D eigenvalue weighted by Crippen LogP contribution is 2.26. The topological polar surface area (TPSA) is 86.8 Å². The van der Waals surface area contributed by atoms with Crippen molar-refractivity contribution >= 4 is 22.3 Å². The Kier molecular flexibility index (Phi) is 6.18. The zero-order valence-electron chi connectivity index (χ0n) is 20.0. The molecular formula is C28H33N6+. The summed E-state index contributed by atoms with van der Waals surface area (Å²) in [7, 11) is 4.37. The minimum absolute atomic E-state index is 0.645. The molecule has 1 aliphatic rings. The van der Waals surface area contributed by atoms with Gasteiger partial charge in [0, 0.05) is 47.1 Å². The van der Waals surface area contributed by atoms with Crippen molar-refractivity contribution in [1.29, 1.82) is 0 Å². The molecule has 0 bridgehead atoms. The van der Waals surface area contributed by atoms with Gasteiger partial charge in [0.15, 0.2) is 0 Å². The molecule has 1 saturated heterocycles. The number of aromatic nitrogens is 2. The van der Waals surface area contributed by atoms with Gasteiger partial charge in [-0.25, -0.2) is 0 Å². The second-order valence-corrected chi connectivity index (χ2v) is 9.53. The summed E-state index contributed by atoms with van der Waals surface area (Å²) >= 11 is 0. The fourth-order valence-corrected chi connectivity index (χ4v) is 4.93. The Morgan fingerprint density at radius 1 is 1.09 bits per heavy atom. The first kappa shape index (κ1) is 22.3. The molecule has 34 heavy (non-hydrogen) atoms. The molecule has 174 valence electrons. The van der Waals surface area contributed by atoms with Gasteiger partial charge in [0.2, 0.25) is 5.71 Å². The van der Waals surface area contributed by atoms with Crippen LogP contribution in [0.1, 0.15) is 29.7 Å². The van der Waals surface area contributed by atoms with E-state index in [0.717, 1.165) is 47.5 Å². The number of nitrogens with zero attached hydrogens (tertiary/aromatic N) is 3. The van der Waals surface area contributed by atoms with Gasteiger partial charge in [-0.1, -0.05) is 18.2 Å². The molecule has 0 spiro atoms. The number of pyridine rings is 1. The highest BCUT2D eigenvalue weighted by molar-refractivity contribution is 6.13. The van der Waals surface area contributed by atoms with Crippen LogP contribution in [-0.4, -0.2) is 58.7 Å². The Labute approximate surface area is 200 Å². The second-order valence-electron chi connectivity index (χ2n) is 9.53. The average Bonchev–Trinajstić information content (AvgIpc) is 3.28. The predicted molar refractivity (Wildman–Crippen MR) is 140 cm³/mol. The molecule has 0 amide bonds. The maximum atomic E-state index is 6.63. The summed E-state index contributed by atoms with van der Waals surface area (Å²) < 4.78 is 0. The zero-order chi connectivity index (χ0) is 23.7. The van der Waals surface area contributed by atoms with Gasteiger partial charge in [0.05, 0.1) is 5.56 Å². The van der Waals surface area contributed by atoms with E-state index >= 15 is 0 Å². The van der Waals surface area contributed by atoms with Crippen molar-refractivity contribution in [2.24, 2.45) is 0 Å². The van der Waals surface area contributed by atoms with Crippen molar-refractivity contribution in [3.63, 3.8) is 0 Å². The number of likely N-dealkylation sites (tertiary alicyclic amines) is 1. The average molecular weight is 454 g/mol. The van der Waals surface area contributed by atoms with E-state index in [1.807, 2.05) is 36.5 Å². The summed E-state index contributed by atoms with van der Waals surface area (Å²) in [4.78, 5) is 12.6. The van der Waals surface area contributed by atoms with Crippen LogP contribution in [0.3, 0.4) is 0 Å². The largest absolute Gasteiger partial charge is 0.398 e. The number of nitrogens with two attached hydrogens (primary N) is 2. The van der Waals surface area contributed by atoms with Crippen molar-refractivity contribution in [3.8, 4) is 11.1 Å². The van der Waals surface area contributed by atoms with Crippen molar-refractivity contribution in [2.45, 2.75) is 25.4 Å². The van der Waals surface area contributed by atoms with Crippen molar-refractivity contribution in [3.05, 3.63) is 83.8 Å². The molecule has 1 aliphatic heterocycles. The van der Waals surface area contributed by atoms with Crippen LogP contribution < -0.4 is 11.1 Å². The van der Waals surface area contributed by atoms with E-state index < -0.39 is 0 Å². The van der Waals surface area contributed by atoms with Crippen molar-refractivity contribution in [1.82, 2.24) is 19.8 Å². The minimum Gasteiger partial charge on any atom is -0.398 e. The number of fused-ring (bicyclic) bond motifs is 1. The number of hydrogen-bond acceptors (Lipinski definition) is 4. The van der Waals surface area contributed by atoms with E-state index in [9.17, 15) is 0 Å². The molecule has 2 aromatic heterocycles. The fourth-order valence-electron chi connectivity index (χ4n) is 4.93. The quantitative estimate of drug-likeness (QED) is 0.309. The molecular weight excluding hydrogens is 420 g/mol. The number of benzene rings is 2. The van der Waals surface area contributed by atoms with E-state index in [1.165, 1.54) is 23.8 Å². The smallest absolute Gasteiger partial charge is 0.229 e. The maximum absolute atomic E-state index is 6.63. The summed E-state index contributed by atoms with van der Waals surface area (Å²) in [5.74, 6) is 0. The maximum Gasteiger partial charge on any atom is 0.229 e. The molecule has 5 rings (SSSR count). The summed E-state index contributed by atoms with van der Waals surface area (Å²) in [6.45, 7) is 3.27. The molecule has 6 nitrogen and oxygen atoms in total. The Morgan fingerprint density at radius 2 is 1.91 bits per heavy atom. The Hall–Kier alpha value is -3.48. The van der Waals surface area contributed by atoms with Gasteiger partial charge in [0.1, 0.15) is 5.69 Å². The molecule has 3 heterocycles. The van der Waals surface area contributed by atoms with E-state index in [2.05, 4.69) is 58.1 Å². The van der Waals surface area contributed by atoms with Crippen LogP contribution in [0.4, 0.5) is 5.69 Å². The van der Waals surface area contributed by atoms with Crippen molar-refractivity contribution < 1.29 is 5.41 Å². The standard InChI is InChI=1S/C28H32N6/c1-33(2)23-9-12-34(13-10-23)18-19-5-8-26-22(14-19)16-27(32-26)28(30)24-15-20(6-7-25(24)29)21-4-3-11-31-17-21/h3-8,11,14-17,23,30,32H,9-10,12-13,18,29H2,1-2H3/p+1. The number of rotatable bonds is 6. The molecule has 0 aliphatic carbocycles. The number of piperidine rings is 1. The predicted octanol–water partition coefficient (Wildman–Crippen LogP) is 2.93. The van der Waals surface area contributed by atoms with Crippen LogP contribution >= 0.6 is 0 Å². The van der Waals surface area contributed by atoms with Gasteiger partial charge in [-0.15, -0.1) is 0 Å². The Bertz CT molecular complexity index is 1300. The summed E-state index contributed by atoms with van der Waals surface area (Å²) in [5.41, 5.74) is 13.8. The molecule has 0 radical (unpaired) electrons. The lowest BCUT2D eigenvalue weighted by Gasteiger charge is -2.35. The van der Waals surface area contributed by atoms with Crippen LogP contribution in [0.5, 0.6) is 0 Å². The molecule has 1 fully saturated rings. The highest BCUT2D eigenvalue weighted by atomic mass is 15.2. The highest BCUT2D eigenvalue weighted by Gasteiger charge is 2.21. The first-order valence-electron chi connectivity index (χ1n) is 11.9. The lowest BCUT2D eigenvalue weighted by molar-refractivity contribution is -0.111. The fraction of sp³-hybridized carbons (Fsp3) is 0.286. The summed E-state index contributed by atoms with van der Waals surface area (Å²) in [6, 6.07) is 19.4. The third-order valence-corrected chi connectivity index (χ3v) is 7.01. The third-order valence-electron chi connectivity index (χ3n) is 7.01. The molecule has 0 unspecified atom stereocenters. The van der Waals surface area contributed by atoms with Crippen LogP contribution in [0.15, 0.2) is 67.0 Å². The SMILES string of the molecule is CN(C)C1CCN(Cc2ccc3[nH]c(C(=[NH2+])c4cc(-c5cccnc5)ccc4N)cc3c2)CC1. The van der Waals surface area contributed by atoms with Crippen LogP contribution in [-0.2, 0) is 6.54 Å². The van der Waals surface area contributed by atoms with E-state index in [4.69, 9.17) is 11.1 Å². The molecule has 0 saturated carbocycles. The molecule has 2 aromatic carbocycles. The Morgan fingerprint density at radius 3 is 2.65 bits per heavy atom. The van der Waals surface area contributed by atoms with Gasteiger partial charge in [-0.3, -0.25) is 15.3 Å². The second kappa shape index (κ2) is 9.41. The number of anilines is 1. The van der Waals surface area contributed by atoms with Gasteiger partial charge in [-0.2, -0.15) is 0 Å². The lowest BCUT2D eigenvalue weighted by atomic mass is 9.99. The van der Waals surface area contributed by atoms with E-state index in [-0.39, 0.29) is 0 Å². The monoisotopic (exact) mass is 453 g/mol. The molecule has 4 aromatic rings. The van der Waals surface area contributed by atoms with Gasteiger partial charge in [-0.05, 0) is 87.6 Å². The van der Waals surface area contributed by atoms with E-state index in [0.29, 0.717) is 17.4 Å². The number of H-pyrrole nitrogens is 1. The van der Waals surface area contributed by atoms with Crippen LogP contribution in [0, 0.1) is 0 Å². The number of aromatic amines is 1. The third kappa shape index (κ3) is 4.60. The van der Waals surface area contributed by atoms with Gasteiger partial charge >= 0.3 is 0 Å². The lowest BCUT2D eigenvalue weighted by Crippen LogP contribution is -2.41. The van der Waals surface area contributed by atoms with Gasteiger partial charge in [0.25, 0.3) is 0 Å². The number of hydrogen-bond donors (Lipinski definition) is 3. The summed E-state index contributed by atoms with van der Waals surface area (Å²) in [6.07, 6.45) is 6.08. The minimum atomic E-state index is 0.645. The normalized spacial score (nSPS) is 15.3. The van der Waals surface area contributed by atoms with E-state index in [1.54, 1.807) is 6.20 Å². The first-order valence-corrected chi connectivity index (χ1v) is 11.9. The number of nitrogen functional groups attached to an aromatic ring is 1. The van der Waals surface area contributed by atoms with Gasteiger partial charge < -0.3 is 15.6 Å². The van der Waals surface area contributed by atoms with Crippen LogP contribution in [0.25, 0.3) is 22.0 Å². The zero-order valence-corrected chi connectivity index (χ0v) is 20.0. The summed E-state index contributed by atoms with van der Waals surface area (Å²) in [5, 5.41) is 7.80. The molecule has 5 N–H and O–H groups in total. The number of nitrogens with one attached hydrogen (secondary N) is 1. The molecule has 0 atom stereocenters. The molecule has 6 heteroatoms. The van der Waals surface area contributed by atoms with Crippen molar-refractivity contribution in [2.75, 3.05) is 32.9 Å².